The Balaban J connectivity index is 2.10. The lowest BCUT2D eigenvalue weighted by atomic mass is 10.1. The lowest BCUT2D eigenvalue weighted by Crippen LogP contribution is -2.17. The van der Waals surface area contributed by atoms with Crippen molar-refractivity contribution >= 4 is 0 Å². The molecule has 4 nitrogen and oxygen atoms in total. The van der Waals surface area contributed by atoms with E-state index in [9.17, 15) is 4.39 Å². The summed E-state index contributed by atoms with van der Waals surface area (Å²) in [6, 6.07) is 6.70. The first-order valence-electron chi connectivity index (χ1n) is 7.19. The van der Waals surface area contributed by atoms with E-state index in [4.69, 9.17) is 10.5 Å². The fourth-order valence-electron chi connectivity index (χ4n) is 2.34. The minimum Gasteiger partial charge on any atom is -0.487 e. The van der Waals surface area contributed by atoms with Gasteiger partial charge in [-0.1, -0.05) is 0 Å². The molecule has 21 heavy (non-hydrogen) atoms. The van der Waals surface area contributed by atoms with Crippen LogP contribution in [0.5, 0.6) is 5.75 Å². The van der Waals surface area contributed by atoms with Gasteiger partial charge in [0.25, 0.3) is 0 Å². The zero-order chi connectivity index (χ0) is 15.4. The van der Waals surface area contributed by atoms with Gasteiger partial charge in [0.05, 0.1) is 11.4 Å². The van der Waals surface area contributed by atoms with Crippen molar-refractivity contribution in [1.82, 2.24) is 9.78 Å². The number of aromatic nitrogens is 2. The second-order valence-corrected chi connectivity index (χ2v) is 5.36. The minimum absolute atomic E-state index is 0.0103. The topological polar surface area (TPSA) is 53.1 Å². The fourth-order valence-corrected chi connectivity index (χ4v) is 2.34. The van der Waals surface area contributed by atoms with Crippen molar-refractivity contribution in [3.05, 3.63) is 47.0 Å². The summed E-state index contributed by atoms with van der Waals surface area (Å²) in [5, 5.41) is 4.36. The average molecular weight is 291 g/mol. The Morgan fingerprint density at radius 2 is 2.10 bits per heavy atom. The van der Waals surface area contributed by atoms with Crippen LogP contribution in [0.3, 0.4) is 0 Å². The van der Waals surface area contributed by atoms with Crippen LogP contribution in [0.1, 0.15) is 30.8 Å². The Hall–Kier alpha value is -1.88. The average Bonchev–Trinajstić information content (AvgIpc) is 2.75. The van der Waals surface area contributed by atoms with Crippen LogP contribution in [0, 0.1) is 12.7 Å². The lowest BCUT2D eigenvalue weighted by Gasteiger charge is -2.11. The van der Waals surface area contributed by atoms with E-state index in [-0.39, 0.29) is 11.9 Å². The summed E-state index contributed by atoms with van der Waals surface area (Å²) in [6.07, 6.45) is 0.625. The van der Waals surface area contributed by atoms with Crippen LogP contribution in [-0.4, -0.2) is 15.8 Å². The monoisotopic (exact) mass is 291 g/mol. The molecule has 0 aliphatic rings. The summed E-state index contributed by atoms with van der Waals surface area (Å²) >= 11 is 0. The highest BCUT2D eigenvalue weighted by atomic mass is 19.1. The first kappa shape index (κ1) is 15.5. The number of ether oxygens (including phenoxy) is 1. The maximum atomic E-state index is 13.6. The fraction of sp³-hybridized carbons (Fsp3) is 0.438. The van der Waals surface area contributed by atoms with Crippen molar-refractivity contribution < 1.29 is 9.13 Å². The van der Waals surface area contributed by atoms with Gasteiger partial charge in [-0.15, -0.1) is 0 Å². The third kappa shape index (κ3) is 4.29. The van der Waals surface area contributed by atoms with E-state index in [1.54, 1.807) is 0 Å². The van der Waals surface area contributed by atoms with Crippen molar-refractivity contribution in [3.8, 4) is 5.75 Å². The molecule has 0 fully saturated rings. The Morgan fingerprint density at radius 1 is 1.33 bits per heavy atom. The summed E-state index contributed by atoms with van der Waals surface area (Å²) in [6.45, 7) is 7.02. The highest BCUT2D eigenvalue weighted by Crippen LogP contribution is 2.19. The van der Waals surface area contributed by atoms with Crippen LogP contribution in [0.15, 0.2) is 24.3 Å². The molecule has 0 aliphatic heterocycles. The zero-order valence-corrected chi connectivity index (χ0v) is 12.8. The number of nitrogens with zero attached hydrogens (tertiary/aromatic N) is 2. The molecule has 0 saturated heterocycles. The van der Waals surface area contributed by atoms with Gasteiger partial charge in [0.2, 0.25) is 0 Å². The molecule has 1 atom stereocenters. The quantitative estimate of drug-likeness (QED) is 0.890. The van der Waals surface area contributed by atoms with E-state index in [0.29, 0.717) is 18.8 Å². The van der Waals surface area contributed by atoms with Gasteiger partial charge in [0.15, 0.2) is 0 Å². The largest absolute Gasteiger partial charge is 0.487 e. The summed E-state index contributed by atoms with van der Waals surface area (Å²) in [7, 11) is 0. The number of halogens is 1. The maximum absolute atomic E-state index is 13.6. The number of hydrogen-bond acceptors (Lipinski definition) is 3. The maximum Gasteiger partial charge on any atom is 0.130 e. The molecule has 2 rings (SSSR count). The van der Waals surface area contributed by atoms with Crippen LogP contribution < -0.4 is 10.5 Å². The van der Waals surface area contributed by atoms with Gasteiger partial charge in [0, 0.05) is 18.7 Å². The van der Waals surface area contributed by atoms with E-state index < -0.39 is 0 Å². The standard InChI is InChI=1S/C16H22FN3O/c1-4-20-15(6-12(3)19-20)10-21-16-8-13(5-11(2)18)7-14(17)9-16/h6-9,11H,4-5,10,18H2,1-3H3. The van der Waals surface area contributed by atoms with Gasteiger partial charge in [-0.3, -0.25) is 4.68 Å². The molecule has 0 amide bonds. The molecule has 1 heterocycles. The molecule has 0 saturated carbocycles. The molecule has 5 heteroatoms. The first-order chi connectivity index (χ1) is 9.97. The number of hydrogen-bond donors (Lipinski definition) is 1. The molecular weight excluding hydrogens is 269 g/mol. The molecule has 1 unspecified atom stereocenters. The predicted octanol–water partition coefficient (Wildman–Crippen LogP) is 2.82. The highest BCUT2D eigenvalue weighted by molar-refractivity contribution is 5.30. The van der Waals surface area contributed by atoms with Gasteiger partial charge in [-0.25, -0.2) is 4.39 Å². The smallest absolute Gasteiger partial charge is 0.130 e. The normalized spacial score (nSPS) is 12.4. The Morgan fingerprint density at radius 3 is 2.76 bits per heavy atom. The second-order valence-electron chi connectivity index (χ2n) is 5.36. The molecule has 1 aromatic heterocycles. The zero-order valence-electron chi connectivity index (χ0n) is 12.8. The molecule has 0 radical (unpaired) electrons. The van der Waals surface area contributed by atoms with Crippen molar-refractivity contribution in [2.24, 2.45) is 5.73 Å². The molecule has 1 aromatic carbocycles. The van der Waals surface area contributed by atoms with Crippen molar-refractivity contribution in [3.63, 3.8) is 0 Å². The molecule has 2 N–H and O–H groups in total. The SMILES string of the molecule is CCn1nc(C)cc1COc1cc(F)cc(CC(C)N)c1. The van der Waals surface area contributed by atoms with E-state index in [1.807, 2.05) is 37.6 Å². The number of rotatable bonds is 6. The summed E-state index contributed by atoms with van der Waals surface area (Å²) in [5.41, 5.74) is 8.53. The van der Waals surface area contributed by atoms with Gasteiger partial charge in [-0.05, 0) is 51.0 Å². The minimum atomic E-state index is -0.302. The Kier molecular flexibility index (Phi) is 4.96. The van der Waals surface area contributed by atoms with Crippen LogP contribution in [-0.2, 0) is 19.6 Å². The summed E-state index contributed by atoms with van der Waals surface area (Å²) in [4.78, 5) is 0. The van der Waals surface area contributed by atoms with Crippen molar-refractivity contribution in [2.45, 2.75) is 46.4 Å². The van der Waals surface area contributed by atoms with E-state index in [2.05, 4.69) is 5.10 Å². The number of benzene rings is 1. The van der Waals surface area contributed by atoms with Crippen LogP contribution in [0.25, 0.3) is 0 Å². The van der Waals surface area contributed by atoms with Gasteiger partial charge in [0.1, 0.15) is 18.2 Å². The van der Waals surface area contributed by atoms with Gasteiger partial charge in [-0.2, -0.15) is 5.10 Å². The second kappa shape index (κ2) is 6.72. The van der Waals surface area contributed by atoms with Gasteiger partial charge < -0.3 is 10.5 Å². The molecule has 0 bridgehead atoms. The molecular formula is C16H22FN3O. The summed E-state index contributed by atoms with van der Waals surface area (Å²) in [5.74, 6) is 0.218. The van der Waals surface area contributed by atoms with Crippen LogP contribution in [0.2, 0.25) is 0 Å². The Labute approximate surface area is 124 Å². The Bertz CT molecular complexity index is 608. The van der Waals surface area contributed by atoms with E-state index >= 15 is 0 Å². The molecule has 114 valence electrons. The lowest BCUT2D eigenvalue weighted by molar-refractivity contribution is 0.290. The summed E-state index contributed by atoms with van der Waals surface area (Å²) < 4.78 is 21.2. The van der Waals surface area contributed by atoms with Crippen LogP contribution in [0.4, 0.5) is 4.39 Å². The van der Waals surface area contributed by atoms with E-state index in [0.717, 1.165) is 23.5 Å². The predicted molar refractivity (Wildman–Crippen MR) is 80.7 cm³/mol. The highest BCUT2D eigenvalue weighted by Gasteiger charge is 2.07. The van der Waals surface area contributed by atoms with Crippen molar-refractivity contribution in [1.29, 1.82) is 0 Å². The molecule has 0 spiro atoms. The third-order valence-electron chi connectivity index (χ3n) is 3.16. The first-order valence-corrected chi connectivity index (χ1v) is 7.19. The molecule has 2 aromatic rings. The molecule has 0 aliphatic carbocycles. The third-order valence-corrected chi connectivity index (χ3v) is 3.16. The van der Waals surface area contributed by atoms with Crippen molar-refractivity contribution in [2.75, 3.05) is 0 Å². The van der Waals surface area contributed by atoms with E-state index in [1.165, 1.54) is 12.1 Å². The van der Waals surface area contributed by atoms with Crippen LogP contribution >= 0.6 is 0 Å². The number of nitrogens with two attached hydrogens (primary N) is 1. The van der Waals surface area contributed by atoms with Gasteiger partial charge >= 0.3 is 0 Å². The number of aryl methyl sites for hydroxylation is 2.